The van der Waals surface area contributed by atoms with Crippen molar-refractivity contribution in [2.75, 3.05) is 18.7 Å². The molecule has 0 saturated heterocycles. The molecule has 1 unspecified atom stereocenters. The molecule has 2 aliphatic rings. The van der Waals surface area contributed by atoms with Crippen LogP contribution in [-0.2, 0) is 5.54 Å². The standard InChI is InChI=1S/C25H28ClN3O3S/c1-2-5-17(14-30)28-23(18-6-3-4-7-19(18)26)22-13-27-24(33-22)29-25(10-11-25)16-8-9-20-21(12-16)32-15-31-20/h3-4,6-9,12-13,17,23,28,30H,2,5,10-11,14-15H2,1H3,(H,27,29)/t17-,23?/m1/s1. The van der Waals surface area contributed by atoms with Crippen molar-refractivity contribution < 1.29 is 14.6 Å². The summed E-state index contributed by atoms with van der Waals surface area (Å²) < 4.78 is 11.0. The van der Waals surface area contributed by atoms with E-state index in [1.54, 1.807) is 11.3 Å². The molecule has 174 valence electrons. The van der Waals surface area contributed by atoms with Crippen molar-refractivity contribution >= 4 is 28.1 Å². The number of aromatic nitrogens is 1. The maximum atomic E-state index is 9.89. The number of ether oxygens (including phenoxy) is 2. The van der Waals surface area contributed by atoms with Crippen LogP contribution in [0.15, 0.2) is 48.7 Å². The van der Waals surface area contributed by atoms with Gasteiger partial charge in [-0.25, -0.2) is 4.98 Å². The first-order chi connectivity index (χ1) is 16.1. The molecule has 5 rings (SSSR count). The van der Waals surface area contributed by atoms with Crippen molar-refractivity contribution in [1.82, 2.24) is 10.3 Å². The van der Waals surface area contributed by atoms with Crippen LogP contribution in [0.3, 0.4) is 0 Å². The van der Waals surface area contributed by atoms with E-state index in [4.69, 9.17) is 26.1 Å². The van der Waals surface area contributed by atoms with E-state index in [2.05, 4.69) is 29.7 Å². The fourth-order valence-electron chi connectivity index (χ4n) is 4.33. The Morgan fingerprint density at radius 1 is 1.18 bits per heavy atom. The molecular weight excluding hydrogens is 458 g/mol. The molecule has 2 heterocycles. The maximum Gasteiger partial charge on any atom is 0.231 e. The van der Waals surface area contributed by atoms with Gasteiger partial charge in [-0.1, -0.05) is 49.2 Å². The predicted octanol–water partition coefficient (Wildman–Crippen LogP) is 5.47. The van der Waals surface area contributed by atoms with Crippen LogP contribution >= 0.6 is 22.9 Å². The number of nitrogens with zero attached hydrogens (tertiary/aromatic N) is 1. The van der Waals surface area contributed by atoms with Crippen molar-refractivity contribution in [3.63, 3.8) is 0 Å². The topological polar surface area (TPSA) is 75.6 Å². The van der Waals surface area contributed by atoms with Crippen molar-refractivity contribution in [2.24, 2.45) is 0 Å². The van der Waals surface area contributed by atoms with Gasteiger partial charge in [0.15, 0.2) is 16.6 Å². The van der Waals surface area contributed by atoms with E-state index in [0.717, 1.165) is 52.8 Å². The Morgan fingerprint density at radius 3 is 2.76 bits per heavy atom. The van der Waals surface area contributed by atoms with Crippen LogP contribution in [0, 0.1) is 0 Å². The van der Waals surface area contributed by atoms with Gasteiger partial charge in [0.05, 0.1) is 18.2 Å². The van der Waals surface area contributed by atoms with Gasteiger partial charge in [-0.3, -0.25) is 0 Å². The van der Waals surface area contributed by atoms with Gasteiger partial charge >= 0.3 is 0 Å². The highest BCUT2D eigenvalue weighted by Crippen LogP contribution is 2.51. The van der Waals surface area contributed by atoms with Crippen LogP contribution in [0.2, 0.25) is 5.02 Å². The zero-order valence-electron chi connectivity index (χ0n) is 18.5. The molecule has 1 aliphatic carbocycles. The molecule has 1 aliphatic heterocycles. The lowest BCUT2D eigenvalue weighted by atomic mass is 10.0. The quantitative estimate of drug-likeness (QED) is 0.353. The summed E-state index contributed by atoms with van der Waals surface area (Å²) in [6.45, 7) is 2.47. The number of halogens is 1. The van der Waals surface area contributed by atoms with Gasteiger partial charge in [0.2, 0.25) is 6.79 Å². The second-order valence-corrected chi connectivity index (χ2v) is 10.1. The molecule has 0 radical (unpaired) electrons. The molecule has 0 amide bonds. The lowest BCUT2D eigenvalue weighted by Crippen LogP contribution is -2.36. The fraction of sp³-hybridized carbons (Fsp3) is 0.400. The van der Waals surface area contributed by atoms with E-state index in [0.29, 0.717) is 5.02 Å². The van der Waals surface area contributed by atoms with Crippen LogP contribution < -0.4 is 20.1 Å². The Morgan fingerprint density at radius 2 is 2.00 bits per heavy atom. The summed E-state index contributed by atoms with van der Waals surface area (Å²) >= 11 is 8.19. The molecule has 3 aromatic rings. The number of fused-ring (bicyclic) bond motifs is 1. The van der Waals surface area contributed by atoms with Gasteiger partial charge in [0.1, 0.15) is 0 Å². The molecule has 2 atom stereocenters. The van der Waals surface area contributed by atoms with Gasteiger partial charge in [-0.05, 0) is 48.6 Å². The second-order valence-electron chi connectivity index (χ2n) is 8.63. The smallest absolute Gasteiger partial charge is 0.231 e. The zero-order valence-corrected chi connectivity index (χ0v) is 20.1. The number of hydrogen-bond donors (Lipinski definition) is 3. The number of rotatable bonds is 10. The van der Waals surface area contributed by atoms with Gasteiger partial charge in [-0.2, -0.15) is 0 Å². The number of aliphatic hydroxyl groups is 1. The SMILES string of the molecule is CCC[C@H](CO)NC(c1cnc(NC2(c3ccc4c(c3)OCO4)CC2)s1)c1ccccc1Cl. The number of aliphatic hydroxyl groups excluding tert-OH is 1. The monoisotopic (exact) mass is 485 g/mol. The first kappa shape index (κ1) is 22.5. The summed E-state index contributed by atoms with van der Waals surface area (Å²) in [7, 11) is 0. The first-order valence-corrected chi connectivity index (χ1v) is 12.6. The minimum Gasteiger partial charge on any atom is -0.454 e. The Bertz CT molecular complexity index is 1120. The van der Waals surface area contributed by atoms with Crippen molar-refractivity contribution in [3.8, 4) is 11.5 Å². The third-order valence-corrected chi connectivity index (χ3v) is 7.63. The Kier molecular flexibility index (Phi) is 6.47. The van der Waals surface area contributed by atoms with E-state index < -0.39 is 0 Å². The third kappa shape index (κ3) is 4.68. The van der Waals surface area contributed by atoms with Crippen molar-refractivity contribution in [3.05, 3.63) is 69.7 Å². The second kappa shape index (κ2) is 9.50. The average molecular weight is 486 g/mol. The number of thiazole rings is 1. The molecule has 0 spiro atoms. The third-order valence-electron chi connectivity index (χ3n) is 6.31. The van der Waals surface area contributed by atoms with Gasteiger partial charge < -0.3 is 25.2 Å². The molecule has 3 N–H and O–H groups in total. The summed E-state index contributed by atoms with van der Waals surface area (Å²) in [5, 5.41) is 18.7. The number of benzene rings is 2. The number of hydrogen-bond acceptors (Lipinski definition) is 7. The number of nitrogens with one attached hydrogen (secondary N) is 2. The van der Waals surface area contributed by atoms with E-state index in [1.165, 1.54) is 5.56 Å². The predicted molar refractivity (Wildman–Crippen MR) is 131 cm³/mol. The summed E-state index contributed by atoms with van der Waals surface area (Å²) in [4.78, 5) is 5.76. The minimum atomic E-state index is -0.142. The van der Waals surface area contributed by atoms with Gasteiger partial charge in [-0.15, -0.1) is 11.3 Å². The summed E-state index contributed by atoms with van der Waals surface area (Å²) in [6.07, 6.45) is 5.85. The molecule has 0 bridgehead atoms. The van der Waals surface area contributed by atoms with E-state index in [9.17, 15) is 5.11 Å². The highest BCUT2D eigenvalue weighted by atomic mass is 35.5. The maximum absolute atomic E-state index is 9.89. The molecule has 2 aromatic carbocycles. The van der Waals surface area contributed by atoms with Crippen molar-refractivity contribution in [1.29, 1.82) is 0 Å². The summed E-state index contributed by atoms with van der Waals surface area (Å²) in [6, 6.07) is 13.8. The van der Waals surface area contributed by atoms with E-state index >= 15 is 0 Å². The normalized spacial score (nSPS) is 17.5. The molecule has 8 heteroatoms. The molecule has 6 nitrogen and oxygen atoms in total. The Hall–Kier alpha value is -2.32. The molecule has 33 heavy (non-hydrogen) atoms. The van der Waals surface area contributed by atoms with Crippen LogP contribution in [0.25, 0.3) is 0 Å². The van der Waals surface area contributed by atoms with Gasteiger partial charge in [0, 0.05) is 22.1 Å². The lowest BCUT2D eigenvalue weighted by molar-refractivity contribution is 0.174. The van der Waals surface area contributed by atoms with Crippen molar-refractivity contribution in [2.45, 2.75) is 50.2 Å². The van der Waals surface area contributed by atoms with Crippen LogP contribution in [-0.4, -0.2) is 29.5 Å². The molecule has 1 aromatic heterocycles. The van der Waals surface area contributed by atoms with Crippen LogP contribution in [0.5, 0.6) is 11.5 Å². The highest BCUT2D eigenvalue weighted by Gasteiger charge is 2.45. The average Bonchev–Trinajstić information content (AvgIpc) is 3.23. The molecule has 1 fully saturated rings. The number of anilines is 1. The van der Waals surface area contributed by atoms with Gasteiger partial charge in [0.25, 0.3) is 0 Å². The summed E-state index contributed by atoms with van der Waals surface area (Å²) in [5.41, 5.74) is 2.05. The first-order valence-electron chi connectivity index (χ1n) is 11.4. The Balaban J connectivity index is 1.39. The Labute approximate surface area is 202 Å². The van der Waals surface area contributed by atoms with Crippen LogP contribution in [0.1, 0.15) is 54.7 Å². The van der Waals surface area contributed by atoms with E-state index in [1.807, 2.05) is 36.5 Å². The summed E-state index contributed by atoms with van der Waals surface area (Å²) in [5.74, 6) is 1.60. The minimum absolute atomic E-state index is 0.0156. The van der Waals surface area contributed by atoms with E-state index in [-0.39, 0.29) is 31.0 Å². The zero-order chi connectivity index (χ0) is 22.8. The molecule has 1 saturated carbocycles. The lowest BCUT2D eigenvalue weighted by Gasteiger charge is -2.24. The van der Waals surface area contributed by atoms with Crippen LogP contribution in [0.4, 0.5) is 5.13 Å². The molecular formula is C25H28ClN3O3S. The highest BCUT2D eigenvalue weighted by molar-refractivity contribution is 7.15. The fourth-order valence-corrected chi connectivity index (χ4v) is 5.57. The largest absolute Gasteiger partial charge is 0.454 e.